The first kappa shape index (κ1) is 32.6. The van der Waals surface area contributed by atoms with Gasteiger partial charge < -0.3 is 45.1 Å². The molecule has 6 atom stereocenters. The van der Waals surface area contributed by atoms with Crippen LogP contribution in [-0.4, -0.2) is 80.1 Å². The molecule has 0 bridgehead atoms. The summed E-state index contributed by atoms with van der Waals surface area (Å²) in [5, 5.41) is 58.8. The Morgan fingerprint density at radius 3 is 2.47 bits per heavy atom. The van der Waals surface area contributed by atoms with Crippen LogP contribution in [0.5, 0.6) is 23.0 Å². The first-order valence-electron chi connectivity index (χ1n) is 15.4. The predicted molar refractivity (Wildman–Crippen MR) is 166 cm³/mol. The lowest BCUT2D eigenvalue weighted by Gasteiger charge is -2.43. The van der Waals surface area contributed by atoms with Gasteiger partial charge in [0.05, 0.1) is 42.1 Å². The van der Waals surface area contributed by atoms with Gasteiger partial charge in [-0.15, -0.1) is 0 Å². The molecule has 1 heterocycles. The van der Waals surface area contributed by atoms with Gasteiger partial charge >= 0.3 is 0 Å². The van der Waals surface area contributed by atoms with Crippen molar-refractivity contribution in [1.82, 2.24) is 5.32 Å². The zero-order chi connectivity index (χ0) is 33.9. The molecule has 12 nitrogen and oxygen atoms in total. The first-order chi connectivity index (χ1) is 22.2. The SMILES string of the molecule is COc1cccc2c1C(=O)c1c(O)c3c(c(O)c1C2=O)C[C@@](O)(C(C)=O)C[C@@H]3O[C@H]1C[C@H](NCc2ccc(O)c(C)c2)[C@@H](O)C(C)O1. The third kappa shape index (κ3) is 5.45. The molecule has 47 heavy (non-hydrogen) atoms. The van der Waals surface area contributed by atoms with E-state index in [1.165, 1.54) is 32.2 Å². The third-order valence-electron chi connectivity index (χ3n) is 9.58. The van der Waals surface area contributed by atoms with Crippen LogP contribution in [0.25, 0.3) is 0 Å². The summed E-state index contributed by atoms with van der Waals surface area (Å²) in [5.41, 5.74) is -1.54. The summed E-state index contributed by atoms with van der Waals surface area (Å²) in [6, 6.07) is 9.09. The van der Waals surface area contributed by atoms with Crippen LogP contribution in [0.4, 0.5) is 0 Å². The highest BCUT2D eigenvalue weighted by Crippen LogP contribution is 2.52. The van der Waals surface area contributed by atoms with Gasteiger partial charge in [-0.1, -0.05) is 24.3 Å². The van der Waals surface area contributed by atoms with Crippen molar-refractivity contribution in [2.75, 3.05) is 7.11 Å². The number of Topliss-reactive ketones (excluding diaryl/α,β-unsaturated/α-hetero) is 1. The molecule has 1 aliphatic heterocycles. The van der Waals surface area contributed by atoms with Crippen LogP contribution in [0, 0.1) is 6.92 Å². The number of aryl methyl sites for hydroxylation is 1. The number of carbonyl (C=O) groups excluding carboxylic acids is 3. The molecule has 0 amide bonds. The number of nitrogens with one attached hydrogen (secondary N) is 1. The van der Waals surface area contributed by atoms with E-state index in [0.29, 0.717) is 12.1 Å². The Labute approximate surface area is 270 Å². The topological polar surface area (TPSA) is 192 Å². The lowest BCUT2D eigenvalue weighted by molar-refractivity contribution is -0.249. The molecule has 1 unspecified atom stereocenters. The van der Waals surface area contributed by atoms with E-state index in [9.17, 15) is 39.9 Å². The van der Waals surface area contributed by atoms with E-state index in [0.717, 1.165) is 5.56 Å². The average molecular weight is 648 g/mol. The molecule has 12 heteroatoms. The average Bonchev–Trinajstić information content (AvgIpc) is 3.03. The summed E-state index contributed by atoms with van der Waals surface area (Å²) in [6.45, 7) is 4.99. The maximum atomic E-state index is 13.9. The van der Waals surface area contributed by atoms with Crippen LogP contribution in [0.3, 0.4) is 0 Å². The number of phenols is 3. The van der Waals surface area contributed by atoms with Crippen LogP contribution in [0.1, 0.15) is 86.9 Å². The summed E-state index contributed by atoms with van der Waals surface area (Å²) in [5.74, 6) is -3.05. The van der Waals surface area contributed by atoms with Gasteiger partial charge in [-0.2, -0.15) is 0 Å². The van der Waals surface area contributed by atoms with E-state index in [1.54, 1.807) is 26.0 Å². The molecule has 0 radical (unpaired) electrons. The second-order valence-corrected chi connectivity index (χ2v) is 12.6. The number of methoxy groups -OCH3 is 1. The van der Waals surface area contributed by atoms with E-state index in [1.807, 2.05) is 6.07 Å². The smallest absolute Gasteiger partial charge is 0.202 e. The Bertz CT molecular complexity index is 1800. The Morgan fingerprint density at radius 1 is 1.06 bits per heavy atom. The second-order valence-electron chi connectivity index (χ2n) is 12.6. The van der Waals surface area contributed by atoms with Gasteiger partial charge in [-0.3, -0.25) is 14.4 Å². The molecular weight excluding hydrogens is 610 g/mol. The minimum atomic E-state index is -2.03. The lowest BCUT2D eigenvalue weighted by atomic mass is 9.72. The molecule has 3 aromatic carbocycles. The van der Waals surface area contributed by atoms with Crippen molar-refractivity contribution < 1.29 is 54.1 Å². The van der Waals surface area contributed by atoms with E-state index in [4.69, 9.17) is 14.2 Å². The summed E-state index contributed by atoms with van der Waals surface area (Å²) >= 11 is 0. The van der Waals surface area contributed by atoms with Gasteiger partial charge in [-0.05, 0) is 44.0 Å². The molecule has 3 aromatic rings. The third-order valence-corrected chi connectivity index (χ3v) is 9.58. The molecule has 0 spiro atoms. The zero-order valence-corrected chi connectivity index (χ0v) is 26.4. The number of benzene rings is 3. The highest BCUT2D eigenvalue weighted by molar-refractivity contribution is 6.31. The maximum absolute atomic E-state index is 13.9. The molecule has 2 aliphatic carbocycles. The predicted octanol–water partition coefficient (Wildman–Crippen LogP) is 2.87. The van der Waals surface area contributed by atoms with Crippen molar-refractivity contribution in [1.29, 1.82) is 0 Å². The van der Waals surface area contributed by atoms with Crippen molar-refractivity contribution in [3.05, 3.63) is 80.9 Å². The minimum Gasteiger partial charge on any atom is -0.508 e. The number of hydrogen-bond acceptors (Lipinski definition) is 12. The highest BCUT2D eigenvalue weighted by atomic mass is 16.7. The number of aliphatic hydroxyl groups is 2. The number of ether oxygens (including phenoxy) is 3. The molecule has 6 N–H and O–H groups in total. The second kappa shape index (κ2) is 12.0. The van der Waals surface area contributed by atoms with Crippen molar-refractivity contribution in [2.45, 2.75) is 82.8 Å². The van der Waals surface area contributed by atoms with Gasteiger partial charge in [0.15, 0.2) is 17.9 Å². The quantitative estimate of drug-likeness (QED) is 0.161. The molecule has 1 fully saturated rings. The van der Waals surface area contributed by atoms with Crippen LogP contribution < -0.4 is 10.1 Å². The van der Waals surface area contributed by atoms with Gasteiger partial charge in [0, 0.05) is 48.5 Å². The van der Waals surface area contributed by atoms with E-state index >= 15 is 0 Å². The van der Waals surface area contributed by atoms with Gasteiger partial charge in [0.1, 0.15) is 28.6 Å². The van der Waals surface area contributed by atoms with Crippen LogP contribution >= 0.6 is 0 Å². The summed E-state index contributed by atoms with van der Waals surface area (Å²) in [7, 11) is 1.34. The van der Waals surface area contributed by atoms with Crippen molar-refractivity contribution in [3.8, 4) is 23.0 Å². The number of rotatable bonds is 7. The van der Waals surface area contributed by atoms with Crippen molar-refractivity contribution in [2.24, 2.45) is 0 Å². The summed E-state index contributed by atoms with van der Waals surface area (Å²) < 4.78 is 17.6. The molecule has 248 valence electrons. The molecule has 0 saturated carbocycles. The number of aliphatic hydroxyl groups excluding tert-OH is 1. The monoisotopic (exact) mass is 647 g/mol. The minimum absolute atomic E-state index is 0.0221. The van der Waals surface area contributed by atoms with E-state index in [2.05, 4.69) is 5.32 Å². The number of phenolic OH excluding ortho intramolecular Hbond substituents is 3. The molecular formula is C35H37NO11. The van der Waals surface area contributed by atoms with Crippen LogP contribution in [0.15, 0.2) is 36.4 Å². The molecule has 3 aliphatic rings. The number of aromatic hydroxyl groups is 3. The first-order valence-corrected chi connectivity index (χ1v) is 15.4. The normalized spacial score (nSPS) is 26.7. The molecule has 6 rings (SSSR count). The Kier molecular flexibility index (Phi) is 8.35. The van der Waals surface area contributed by atoms with Crippen molar-refractivity contribution >= 4 is 17.3 Å². The van der Waals surface area contributed by atoms with Gasteiger partial charge in [0.2, 0.25) is 5.78 Å². The Hall–Kier alpha value is -4.33. The Morgan fingerprint density at radius 2 is 1.79 bits per heavy atom. The largest absolute Gasteiger partial charge is 0.508 e. The van der Waals surface area contributed by atoms with Gasteiger partial charge in [0.25, 0.3) is 0 Å². The Balaban J connectivity index is 1.37. The maximum Gasteiger partial charge on any atom is 0.202 e. The number of hydrogen-bond donors (Lipinski definition) is 6. The van der Waals surface area contributed by atoms with Crippen LogP contribution in [0.2, 0.25) is 0 Å². The van der Waals surface area contributed by atoms with Gasteiger partial charge in [-0.25, -0.2) is 0 Å². The fraction of sp³-hybridized carbons (Fsp3) is 0.400. The molecule has 1 saturated heterocycles. The van der Waals surface area contributed by atoms with E-state index < -0.39 is 82.6 Å². The molecule has 0 aromatic heterocycles. The lowest BCUT2D eigenvalue weighted by Crippen LogP contribution is -2.54. The summed E-state index contributed by atoms with van der Waals surface area (Å²) in [6.07, 6.45) is -4.58. The summed E-state index contributed by atoms with van der Waals surface area (Å²) in [4.78, 5) is 40.3. The number of fused-ring (bicyclic) bond motifs is 3. The standard InChI is InChI=1S/C35H37NO11/c1-15-10-18(8-9-22(15)38)14-36-21-11-25(46-16(2)30(21)39)47-24-13-35(44,17(3)37)12-20-27(24)34(43)29-28(32(20)41)31(40)19-6-5-7-23(45-4)26(19)33(29)42/h5-10,16,21,24-25,30,36,38-39,41,43-44H,11-14H2,1-4H3/t16?,21-,24-,25-,30-,35-/m0/s1. The fourth-order valence-corrected chi connectivity index (χ4v) is 6.90. The van der Waals surface area contributed by atoms with Crippen LogP contribution in [-0.2, 0) is 27.2 Å². The van der Waals surface area contributed by atoms with Crippen molar-refractivity contribution in [3.63, 3.8) is 0 Å². The zero-order valence-electron chi connectivity index (χ0n) is 26.4. The highest BCUT2D eigenvalue weighted by Gasteiger charge is 2.49. The fourth-order valence-electron chi connectivity index (χ4n) is 6.90. The number of ketones is 3. The van der Waals surface area contributed by atoms with E-state index in [-0.39, 0.29) is 46.6 Å². The number of carbonyl (C=O) groups is 3.